The Labute approximate surface area is 117 Å². The first-order chi connectivity index (χ1) is 9.74. The third kappa shape index (κ3) is 2.65. The van der Waals surface area contributed by atoms with Crippen molar-refractivity contribution < 1.29 is 4.92 Å². The van der Waals surface area contributed by atoms with Gasteiger partial charge in [0.05, 0.1) is 22.4 Å². The summed E-state index contributed by atoms with van der Waals surface area (Å²) in [5.41, 5.74) is 0.824. The van der Waals surface area contributed by atoms with E-state index in [1.165, 1.54) is 25.3 Å². The second kappa shape index (κ2) is 5.58. The Bertz CT molecular complexity index is 617. The van der Waals surface area contributed by atoms with Crippen LogP contribution in [0, 0.1) is 10.1 Å². The van der Waals surface area contributed by atoms with Crippen LogP contribution < -0.4 is 0 Å². The van der Waals surface area contributed by atoms with Crippen LogP contribution in [-0.4, -0.2) is 39.2 Å². The average Bonchev–Trinajstić information content (AvgIpc) is 2.88. The second-order valence-corrected chi connectivity index (χ2v) is 5.26. The maximum absolute atomic E-state index is 11.0. The molecular weight excluding hydrogens is 256 g/mol. The maximum atomic E-state index is 11.0. The van der Waals surface area contributed by atoms with Gasteiger partial charge >= 0.3 is 0 Å². The van der Waals surface area contributed by atoms with Crippen molar-refractivity contribution in [2.75, 3.05) is 19.6 Å². The molecule has 1 aliphatic rings. The van der Waals surface area contributed by atoms with Crippen LogP contribution in [0.1, 0.15) is 19.3 Å². The number of nitro groups is 1. The fourth-order valence-electron chi connectivity index (χ4n) is 2.78. The molecule has 106 valence electrons. The van der Waals surface area contributed by atoms with Crippen LogP contribution in [0.3, 0.4) is 0 Å². The van der Waals surface area contributed by atoms with Crippen LogP contribution in [0.2, 0.25) is 0 Å². The Hall–Kier alpha value is -1.95. The van der Waals surface area contributed by atoms with E-state index < -0.39 is 0 Å². The van der Waals surface area contributed by atoms with Gasteiger partial charge in [-0.2, -0.15) is 5.10 Å². The van der Waals surface area contributed by atoms with Crippen molar-refractivity contribution >= 4 is 16.6 Å². The lowest BCUT2D eigenvalue weighted by atomic mass is 10.1. The molecule has 0 spiro atoms. The Morgan fingerprint density at radius 2 is 2.00 bits per heavy atom. The minimum absolute atomic E-state index is 0.131. The molecule has 6 nitrogen and oxygen atoms in total. The van der Waals surface area contributed by atoms with E-state index in [9.17, 15) is 10.1 Å². The molecular formula is C14H18N4O2. The van der Waals surface area contributed by atoms with E-state index in [1.54, 1.807) is 12.3 Å². The van der Waals surface area contributed by atoms with Crippen molar-refractivity contribution in [3.05, 3.63) is 34.5 Å². The van der Waals surface area contributed by atoms with Crippen LogP contribution in [0.25, 0.3) is 10.9 Å². The minimum Gasteiger partial charge on any atom is -0.301 e. The third-order valence-electron chi connectivity index (χ3n) is 3.87. The van der Waals surface area contributed by atoms with Gasteiger partial charge in [0.15, 0.2) is 0 Å². The van der Waals surface area contributed by atoms with E-state index in [0.717, 1.165) is 26.2 Å². The number of hydrogen-bond acceptors (Lipinski definition) is 4. The van der Waals surface area contributed by atoms with E-state index in [4.69, 9.17) is 0 Å². The lowest BCUT2D eigenvalue weighted by molar-refractivity contribution is -0.383. The average molecular weight is 274 g/mol. The molecule has 2 aromatic rings. The van der Waals surface area contributed by atoms with Gasteiger partial charge in [0.25, 0.3) is 5.69 Å². The van der Waals surface area contributed by atoms with Crippen LogP contribution >= 0.6 is 0 Å². The van der Waals surface area contributed by atoms with E-state index in [1.807, 2.05) is 10.7 Å². The van der Waals surface area contributed by atoms with Crippen LogP contribution in [0.15, 0.2) is 24.4 Å². The van der Waals surface area contributed by atoms with Gasteiger partial charge in [-0.1, -0.05) is 12.5 Å². The van der Waals surface area contributed by atoms with Crippen molar-refractivity contribution in [1.82, 2.24) is 14.7 Å². The van der Waals surface area contributed by atoms with Crippen LogP contribution in [-0.2, 0) is 6.54 Å². The zero-order valence-corrected chi connectivity index (χ0v) is 11.4. The summed E-state index contributed by atoms with van der Waals surface area (Å²) in [5, 5.41) is 16.0. The largest absolute Gasteiger partial charge is 0.301 e. The Morgan fingerprint density at radius 3 is 2.75 bits per heavy atom. The molecule has 0 radical (unpaired) electrons. The molecule has 3 rings (SSSR count). The predicted octanol–water partition coefficient (Wildman–Crippen LogP) is 2.43. The number of nitrogens with zero attached hydrogens (tertiary/aromatic N) is 4. The van der Waals surface area contributed by atoms with Gasteiger partial charge in [-0.3, -0.25) is 14.8 Å². The van der Waals surface area contributed by atoms with Crippen LogP contribution in [0.4, 0.5) is 5.69 Å². The number of nitro benzene ring substituents is 1. The highest BCUT2D eigenvalue weighted by molar-refractivity contribution is 5.87. The van der Waals surface area contributed by atoms with Gasteiger partial charge in [0, 0.05) is 18.8 Å². The lowest BCUT2D eigenvalue weighted by Crippen LogP contribution is -2.32. The number of hydrogen-bond donors (Lipinski definition) is 0. The van der Waals surface area contributed by atoms with Gasteiger partial charge in [0.1, 0.15) is 0 Å². The van der Waals surface area contributed by atoms with Crippen molar-refractivity contribution in [2.45, 2.75) is 25.8 Å². The van der Waals surface area contributed by atoms with Gasteiger partial charge in [0.2, 0.25) is 0 Å². The Kier molecular flexibility index (Phi) is 3.64. The number of fused-ring (bicyclic) bond motifs is 1. The summed E-state index contributed by atoms with van der Waals surface area (Å²) in [4.78, 5) is 13.1. The molecule has 6 heteroatoms. The van der Waals surface area contributed by atoms with Gasteiger partial charge in [-0.15, -0.1) is 0 Å². The first-order valence-corrected chi connectivity index (χ1v) is 7.07. The molecule has 1 aliphatic heterocycles. The molecule has 1 aromatic carbocycles. The van der Waals surface area contributed by atoms with E-state index >= 15 is 0 Å². The normalized spacial score (nSPS) is 16.6. The third-order valence-corrected chi connectivity index (χ3v) is 3.87. The number of rotatable bonds is 4. The molecule has 0 unspecified atom stereocenters. The lowest BCUT2D eigenvalue weighted by Gasteiger charge is -2.26. The van der Waals surface area contributed by atoms with Gasteiger partial charge in [-0.05, 0) is 32.0 Å². The van der Waals surface area contributed by atoms with E-state index in [-0.39, 0.29) is 10.6 Å². The molecule has 0 amide bonds. The standard InChI is InChI=1S/C14H18N4O2/c19-18(20)14-6-4-5-13-12(14)11-17(15-13)10-9-16-7-2-1-3-8-16/h4-6,11H,1-3,7-10H2. The van der Waals surface area contributed by atoms with Crippen molar-refractivity contribution in [1.29, 1.82) is 0 Å². The van der Waals surface area contributed by atoms with Crippen molar-refractivity contribution in [3.63, 3.8) is 0 Å². The first kappa shape index (κ1) is 13.1. The summed E-state index contributed by atoms with van der Waals surface area (Å²) < 4.78 is 1.83. The molecule has 0 saturated carbocycles. The highest BCUT2D eigenvalue weighted by atomic mass is 16.6. The molecule has 20 heavy (non-hydrogen) atoms. The summed E-state index contributed by atoms with van der Waals surface area (Å²) in [6, 6.07) is 5.03. The fourth-order valence-corrected chi connectivity index (χ4v) is 2.78. The fraction of sp³-hybridized carbons (Fsp3) is 0.500. The zero-order valence-electron chi connectivity index (χ0n) is 11.4. The summed E-state index contributed by atoms with van der Waals surface area (Å²) in [6.45, 7) is 4.05. The summed E-state index contributed by atoms with van der Waals surface area (Å²) >= 11 is 0. The Morgan fingerprint density at radius 1 is 1.20 bits per heavy atom. The number of aromatic nitrogens is 2. The quantitative estimate of drug-likeness (QED) is 0.634. The predicted molar refractivity (Wildman–Crippen MR) is 76.7 cm³/mol. The molecule has 0 N–H and O–H groups in total. The van der Waals surface area contributed by atoms with Gasteiger partial charge < -0.3 is 4.90 Å². The number of non-ortho nitro benzene ring substituents is 1. The monoisotopic (exact) mass is 274 g/mol. The number of likely N-dealkylation sites (tertiary alicyclic amines) is 1. The van der Waals surface area contributed by atoms with Crippen molar-refractivity contribution in [3.8, 4) is 0 Å². The SMILES string of the molecule is O=[N+]([O-])c1cccc2nn(CCN3CCCCC3)cc12. The molecule has 0 atom stereocenters. The van der Waals surface area contributed by atoms with Crippen LogP contribution in [0.5, 0.6) is 0 Å². The summed E-state index contributed by atoms with van der Waals surface area (Å²) in [6.07, 6.45) is 5.66. The smallest absolute Gasteiger partial charge is 0.280 e. The van der Waals surface area contributed by atoms with Crippen molar-refractivity contribution in [2.24, 2.45) is 0 Å². The second-order valence-electron chi connectivity index (χ2n) is 5.26. The minimum atomic E-state index is -0.348. The molecule has 1 saturated heterocycles. The topological polar surface area (TPSA) is 64.2 Å². The van der Waals surface area contributed by atoms with E-state index in [2.05, 4.69) is 10.00 Å². The molecule has 1 aromatic heterocycles. The first-order valence-electron chi connectivity index (χ1n) is 7.07. The molecule has 1 fully saturated rings. The highest BCUT2D eigenvalue weighted by Gasteiger charge is 2.15. The Balaban J connectivity index is 1.75. The molecule has 0 aliphatic carbocycles. The maximum Gasteiger partial charge on any atom is 0.280 e. The number of piperidine rings is 1. The van der Waals surface area contributed by atoms with Gasteiger partial charge in [-0.25, -0.2) is 0 Å². The number of benzene rings is 1. The van der Waals surface area contributed by atoms with E-state index in [0.29, 0.717) is 10.9 Å². The highest BCUT2D eigenvalue weighted by Crippen LogP contribution is 2.24. The molecule has 0 bridgehead atoms. The zero-order chi connectivity index (χ0) is 13.9. The summed E-state index contributed by atoms with van der Waals surface area (Å²) in [7, 11) is 0. The summed E-state index contributed by atoms with van der Waals surface area (Å²) in [5.74, 6) is 0. The molecule has 2 heterocycles.